The van der Waals surface area contributed by atoms with Crippen LogP contribution in [-0.4, -0.2) is 24.7 Å². The number of benzene rings is 3. The van der Waals surface area contributed by atoms with E-state index in [0.29, 0.717) is 27.2 Å². The molecule has 0 saturated heterocycles. The normalized spacial score (nSPS) is 12.1. The monoisotopic (exact) mass is 585 g/mol. The molecule has 10 heteroatoms. The molecule has 0 aliphatic heterocycles. The molecule has 0 saturated carbocycles. The van der Waals surface area contributed by atoms with Gasteiger partial charge in [0.25, 0.3) is 5.56 Å². The molecule has 6 rings (SSSR count). The molecule has 1 N–H and O–H groups in total. The zero-order valence-corrected chi connectivity index (χ0v) is 24.3. The number of hydrogen-bond acceptors (Lipinski definition) is 7. The minimum Gasteiger partial charge on any atom is -0.457 e. The molecule has 0 spiro atoms. The summed E-state index contributed by atoms with van der Waals surface area (Å²) in [4.78, 5) is 22.5. The number of halogens is 1. The molecule has 0 unspecified atom stereocenters. The van der Waals surface area contributed by atoms with Crippen LogP contribution in [0.2, 0.25) is 5.02 Å². The van der Waals surface area contributed by atoms with Crippen molar-refractivity contribution in [2.75, 3.05) is 0 Å². The van der Waals surface area contributed by atoms with Crippen molar-refractivity contribution < 1.29 is 4.74 Å². The van der Waals surface area contributed by atoms with Crippen molar-refractivity contribution in [1.82, 2.24) is 24.7 Å². The van der Waals surface area contributed by atoms with Crippen molar-refractivity contribution in [3.05, 3.63) is 111 Å². The van der Waals surface area contributed by atoms with Gasteiger partial charge in [-0.25, -0.2) is 4.98 Å². The number of aromatic amines is 1. The summed E-state index contributed by atoms with van der Waals surface area (Å²) in [6.07, 6.45) is 0. The van der Waals surface area contributed by atoms with Gasteiger partial charge in [-0.15, -0.1) is 21.5 Å². The Morgan fingerprint density at radius 2 is 1.65 bits per heavy atom. The first-order valence-electron chi connectivity index (χ1n) is 12.6. The first-order valence-corrected chi connectivity index (χ1v) is 14.7. The minimum atomic E-state index is -0.193. The molecule has 0 aliphatic carbocycles. The van der Waals surface area contributed by atoms with Gasteiger partial charge in [-0.2, -0.15) is 0 Å². The van der Waals surface area contributed by atoms with Crippen molar-refractivity contribution in [3.8, 4) is 28.6 Å². The Kier molecular flexibility index (Phi) is 7.18. The molecular formula is C30H24ClN5O2S2. The van der Waals surface area contributed by atoms with E-state index in [1.54, 1.807) is 0 Å². The fourth-order valence-electron chi connectivity index (χ4n) is 4.33. The summed E-state index contributed by atoms with van der Waals surface area (Å²) in [6.45, 7) is 5.97. The topological polar surface area (TPSA) is 85.7 Å². The van der Waals surface area contributed by atoms with Crippen molar-refractivity contribution in [2.45, 2.75) is 31.2 Å². The number of hydrogen-bond donors (Lipinski definition) is 1. The van der Waals surface area contributed by atoms with E-state index in [4.69, 9.17) is 21.3 Å². The Bertz CT molecular complexity index is 1860. The standard InChI is InChI=1S/C30H24ClN5O2S2/c1-17-18(2)39-29-25(17)28(37)32-26(33-29)19(3)40-30-35-34-27(20-9-11-21(31)12-10-20)36(30)22-13-15-24(16-14-22)38-23-7-5-4-6-8-23/h4-16,19H,1-3H3,(H,32,33,37)/t19-/m0/s1. The molecule has 0 fully saturated rings. The first kappa shape index (κ1) is 26.3. The molecule has 0 aliphatic rings. The number of nitrogens with zero attached hydrogens (tertiary/aromatic N) is 4. The minimum absolute atomic E-state index is 0.119. The summed E-state index contributed by atoms with van der Waals surface area (Å²) in [5, 5.41) is 10.9. The van der Waals surface area contributed by atoms with Crippen LogP contribution in [0, 0.1) is 13.8 Å². The fourth-order valence-corrected chi connectivity index (χ4v) is 6.42. The molecule has 0 radical (unpaired) electrons. The van der Waals surface area contributed by atoms with Gasteiger partial charge in [0.1, 0.15) is 22.2 Å². The fraction of sp³-hybridized carbons (Fsp3) is 0.133. The number of thioether (sulfide) groups is 1. The summed E-state index contributed by atoms with van der Waals surface area (Å²) >= 11 is 9.17. The number of ether oxygens (including phenoxy) is 1. The van der Waals surface area contributed by atoms with Crippen LogP contribution < -0.4 is 10.3 Å². The second kappa shape index (κ2) is 10.9. The zero-order chi connectivity index (χ0) is 27.8. The number of aromatic nitrogens is 5. The number of fused-ring (bicyclic) bond motifs is 1. The van der Waals surface area contributed by atoms with Gasteiger partial charge >= 0.3 is 0 Å². The van der Waals surface area contributed by atoms with E-state index in [0.717, 1.165) is 38.0 Å². The van der Waals surface area contributed by atoms with Gasteiger partial charge in [0.05, 0.1) is 10.6 Å². The molecule has 6 aromatic rings. The van der Waals surface area contributed by atoms with Crippen LogP contribution in [-0.2, 0) is 0 Å². The second-order valence-electron chi connectivity index (χ2n) is 9.23. The predicted molar refractivity (Wildman–Crippen MR) is 162 cm³/mol. The quantitative estimate of drug-likeness (QED) is 0.190. The van der Waals surface area contributed by atoms with Crippen LogP contribution in [0.4, 0.5) is 0 Å². The first-order chi connectivity index (χ1) is 19.4. The van der Waals surface area contributed by atoms with Crippen molar-refractivity contribution >= 4 is 44.9 Å². The van der Waals surface area contributed by atoms with E-state index >= 15 is 0 Å². The number of para-hydroxylation sites is 1. The number of nitrogens with one attached hydrogen (secondary N) is 1. The number of thiophene rings is 1. The Morgan fingerprint density at radius 3 is 2.38 bits per heavy atom. The van der Waals surface area contributed by atoms with E-state index in [1.165, 1.54) is 23.1 Å². The van der Waals surface area contributed by atoms with Gasteiger partial charge in [0.2, 0.25) is 0 Å². The third kappa shape index (κ3) is 5.15. The van der Waals surface area contributed by atoms with Crippen molar-refractivity contribution in [1.29, 1.82) is 0 Å². The maximum absolute atomic E-state index is 12.9. The average molecular weight is 586 g/mol. The van der Waals surface area contributed by atoms with E-state index in [-0.39, 0.29) is 10.8 Å². The maximum Gasteiger partial charge on any atom is 0.259 e. The summed E-state index contributed by atoms with van der Waals surface area (Å²) in [6, 6.07) is 24.9. The van der Waals surface area contributed by atoms with E-state index in [2.05, 4.69) is 15.2 Å². The van der Waals surface area contributed by atoms with Gasteiger partial charge in [0.15, 0.2) is 11.0 Å². The van der Waals surface area contributed by atoms with Crippen LogP contribution >= 0.6 is 34.7 Å². The lowest BCUT2D eigenvalue weighted by atomic mass is 10.2. The maximum atomic E-state index is 12.9. The van der Waals surface area contributed by atoms with Crippen molar-refractivity contribution in [2.24, 2.45) is 0 Å². The smallest absolute Gasteiger partial charge is 0.259 e. The lowest BCUT2D eigenvalue weighted by Crippen LogP contribution is -2.12. The SMILES string of the molecule is Cc1sc2nc([C@H](C)Sc3nnc(-c4ccc(Cl)cc4)n3-c3ccc(Oc4ccccc4)cc3)[nH]c(=O)c2c1C. The molecule has 40 heavy (non-hydrogen) atoms. The number of rotatable bonds is 7. The second-order valence-corrected chi connectivity index (χ2v) is 12.2. The highest BCUT2D eigenvalue weighted by Crippen LogP contribution is 2.37. The molecule has 3 aromatic carbocycles. The lowest BCUT2D eigenvalue weighted by molar-refractivity contribution is 0.482. The molecular weight excluding hydrogens is 562 g/mol. The molecule has 0 bridgehead atoms. The summed E-state index contributed by atoms with van der Waals surface area (Å²) in [5.74, 6) is 2.75. The lowest BCUT2D eigenvalue weighted by Gasteiger charge is -2.14. The highest BCUT2D eigenvalue weighted by atomic mass is 35.5. The summed E-state index contributed by atoms with van der Waals surface area (Å²) < 4.78 is 7.98. The molecule has 7 nitrogen and oxygen atoms in total. The average Bonchev–Trinajstić information content (AvgIpc) is 3.50. The van der Waals surface area contributed by atoms with Gasteiger partial charge in [0, 0.05) is 21.2 Å². The van der Waals surface area contributed by atoms with E-state index in [9.17, 15) is 4.79 Å². The highest BCUT2D eigenvalue weighted by Gasteiger charge is 2.22. The van der Waals surface area contributed by atoms with Crippen LogP contribution in [0.15, 0.2) is 88.8 Å². The van der Waals surface area contributed by atoms with Gasteiger partial charge in [-0.05, 0) is 87.0 Å². The third-order valence-electron chi connectivity index (χ3n) is 6.53. The Labute approximate surface area is 243 Å². The highest BCUT2D eigenvalue weighted by molar-refractivity contribution is 7.99. The number of H-pyrrole nitrogens is 1. The van der Waals surface area contributed by atoms with Crippen LogP contribution in [0.25, 0.3) is 27.3 Å². The molecule has 0 amide bonds. The summed E-state index contributed by atoms with van der Waals surface area (Å²) in [5.41, 5.74) is 2.60. The Morgan fingerprint density at radius 1 is 0.950 bits per heavy atom. The Balaban J connectivity index is 1.37. The Hall–Kier alpha value is -3.92. The zero-order valence-electron chi connectivity index (χ0n) is 21.9. The molecule has 1 atom stereocenters. The predicted octanol–water partition coefficient (Wildman–Crippen LogP) is 8.15. The summed E-state index contributed by atoms with van der Waals surface area (Å²) in [7, 11) is 0. The van der Waals surface area contributed by atoms with E-state index < -0.39 is 0 Å². The van der Waals surface area contributed by atoms with Crippen LogP contribution in [0.5, 0.6) is 11.5 Å². The van der Waals surface area contributed by atoms with Gasteiger partial charge in [-0.3, -0.25) is 9.36 Å². The third-order valence-corrected chi connectivity index (χ3v) is 8.94. The molecule has 3 aromatic heterocycles. The van der Waals surface area contributed by atoms with Crippen LogP contribution in [0.3, 0.4) is 0 Å². The van der Waals surface area contributed by atoms with Gasteiger partial charge in [-0.1, -0.05) is 41.6 Å². The van der Waals surface area contributed by atoms with Gasteiger partial charge < -0.3 is 9.72 Å². The van der Waals surface area contributed by atoms with Crippen molar-refractivity contribution in [3.63, 3.8) is 0 Å². The van der Waals surface area contributed by atoms with Crippen LogP contribution in [0.1, 0.15) is 28.4 Å². The molecule has 200 valence electrons. The number of aryl methyl sites for hydroxylation is 2. The largest absolute Gasteiger partial charge is 0.457 e. The molecule has 3 heterocycles. The van der Waals surface area contributed by atoms with E-state index in [1.807, 2.05) is 104 Å².